The van der Waals surface area contributed by atoms with Crippen LogP contribution in [0.1, 0.15) is 0 Å². The summed E-state index contributed by atoms with van der Waals surface area (Å²) in [6, 6.07) is 7.45. The zero-order chi connectivity index (χ0) is 14.4. The molecular weight excluding hydrogens is 274 g/mol. The van der Waals surface area contributed by atoms with Crippen LogP contribution in [0.2, 0.25) is 0 Å². The molecule has 0 saturated heterocycles. The number of nitrogens with zero attached hydrogens (tertiary/aromatic N) is 3. The summed E-state index contributed by atoms with van der Waals surface area (Å²) in [4.78, 5) is 15.5. The molecule has 0 unspecified atom stereocenters. The summed E-state index contributed by atoms with van der Waals surface area (Å²) in [5.41, 5.74) is 2.64. The maximum absolute atomic E-state index is 13.7. The van der Waals surface area contributed by atoms with Crippen molar-refractivity contribution < 1.29 is 8.78 Å². The molecule has 2 aromatic carbocycles. The van der Waals surface area contributed by atoms with E-state index >= 15 is 0 Å². The number of halogens is 2. The quantitative estimate of drug-likeness (QED) is 0.581. The molecule has 4 aromatic rings. The van der Waals surface area contributed by atoms with Crippen LogP contribution in [-0.4, -0.2) is 19.9 Å². The lowest BCUT2D eigenvalue weighted by molar-refractivity contribution is 0.591. The van der Waals surface area contributed by atoms with Crippen molar-refractivity contribution in [1.82, 2.24) is 19.9 Å². The minimum absolute atomic E-state index is 0.116. The molecule has 0 spiro atoms. The van der Waals surface area contributed by atoms with Gasteiger partial charge in [-0.1, -0.05) is 0 Å². The molecule has 0 bridgehead atoms. The normalized spacial score (nSPS) is 11.3. The lowest BCUT2D eigenvalue weighted by Crippen LogP contribution is -1.85. The van der Waals surface area contributed by atoms with E-state index in [-0.39, 0.29) is 5.52 Å². The van der Waals surface area contributed by atoms with Crippen LogP contribution in [0.4, 0.5) is 8.78 Å². The summed E-state index contributed by atoms with van der Waals surface area (Å²) in [7, 11) is 0. The van der Waals surface area contributed by atoms with Gasteiger partial charge < -0.3 is 4.98 Å². The molecule has 0 aliphatic heterocycles. The molecule has 21 heavy (non-hydrogen) atoms. The standard InChI is InChI=1S/C15H8F2N4/c16-9-6-10(17)14-13(7-9)20-15(21-14)8-1-2-11-12(5-8)19-4-3-18-11/h1-7H,(H,20,21). The molecule has 2 aromatic heterocycles. The first-order chi connectivity index (χ1) is 10.2. The number of aromatic nitrogens is 4. The monoisotopic (exact) mass is 282 g/mol. The van der Waals surface area contributed by atoms with Crippen LogP contribution in [0.3, 0.4) is 0 Å². The minimum Gasteiger partial charge on any atom is -0.338 e. The molecule has 0 saturated carbocycles. The molecule has 2 heterocycles. The number of hydrogen-bond acceptors (Lipinski definition) is 3. The predicted octanol–water partition coefficient (Wildman–Crippen LogP) is 3.45. The Morgan fingerprint density at radius 3 is 2.57 bits per heavy atom. The zero-order valence-electron chi connectivity index (χ0n) is 10.6. The molecule has 0 aliphatic carbocycles. The number of rotatable bonds is 1. The Labute approximate surface area is 117 Å². The number of aromatic amines is 1. The third-order valence-electron chi connectivity index (χ3n) is 3.25. The number of nitrogens with one attached hydrogen (secondary N) is 1. The van der Waals surface area contributed by atoms with Gasteiger partial charge in [-0.2, -0.15) is 0 Å². The number of benzene rings is 2. The predicted molar refractivity (Wildman–Crippen MR) is 74.5 cm³/mol. The fourth-order valence-corrected chi connectivity index (χ4v) is 2.29. The van der Waals surface area contributed by atoms with Crippen molar-refractivity contribution >= 4 is 22.1 Å². The van der Waals surface area contributed by atoms with Gasteiger partial charge in [0.25, 0.3) is 0 Å². The number of fused-ring (bicyclic) bond motifs is 2. The van der Waals surface area contributed by atoms with Crippen molar-refractivity contribution in [1.29, 1.82) is 0 Å². The molecule has 0 fully saturated rings. The molecule has 102 valence electrons. The van der Waals surface area contributed by atoms with Gasteiger partial charge in [0.05, 0.1) is 16.6 Å². The fraction of sp³-hybridized carbons (Fsp3) is 0. The Morgan fingerprint density at radius 1 is 0.905 bits per heavy atom. The van der Waals surface area contributed by atoms with Gasteiger partial charge >= 0.3 is 0 Å². The molecule has 0 aliphatic rings. The summed E-state index contributed by atoms with van der Waals surface area (Å²) < 4.78 is 26.9. The van der Waals surface area contributed by atoms with Crippen molar-refractivity contribution in [2.24, 2.45) is 0 Å². The van der Waals surface area contributed by atoms with Gasteiger partial charge in [-0.15, -0.1) is 0 Å². The SMILES string of the molecule is Fc1cc(F)c2nc(-c3ccc4nccnc4c3)[nH]c2c1. The Bertz CT molecular complexity index is 978. The summed E-state index contributed by atoms with van der Waals surface area (Å²) in [5, 5.41) is 0. The maximum atomic E-state index is 13.7. The Hall–Kier alpha value is -2.89. The van der Waals surface area contributed by atoms with Gasteiger partial charge in [-0.05, 0) is 24.3 Å². The van der Waals surface area contributed by atoms with Crippen LogP contribution < -0.4 is 0 Å². The van der Waals surface area contributed by atoms with E-state index in [4.69, 9.17) is 0 Å². The minimum atomic E-state index is -0.687. The van der Waals surface area contributed by atoms with E-state index < -0.39 is 11.6 Å². The van der Waals surface area contributed by atoms with Crippen molar-refractivity contribution in [3.05, 3.63) is 54.4 Å². The van der Waals surface area contributed by atoms with Crippen LogP contribution in [-0.2, 0) is 0 Å². The van der Waals surface area contributed by atoms with Gasteiger partial charge in [0.15, 0.2) is 5.82 Å². The molecule has 0 radical (unpaired) electrons. The fourth-order valence-electron chi connectivity index (χ4n) is 2.29. The molecule has 0 amide bonds. The first-order valence-electron chi connectivity index (χ1n) is 6.26. The highest BCUT2D eigenvalue weighted by atomic mass is 19.1. The lowest BCUT2D eigenvalue weighted by Gasteiger charge is -1.99. The Morgan fingerprint density at radius 2 is 1.71 bits per heavy atom. The van der Waals surface area contributed by atoms with Gasteiger partial charge in [-0.3, -0.25) is 9.97 Å². The highest BCUT2D eigenvalue weighted by molar-refractivity contribution is 5.83. The van der Waals surface area contributed by atoms with Gasteiger partial charge in [0.2, 0.25) is 0 Å². The number of imidazole rings is 1. The third kappa shape index (κ3) is 1.92. The van der Waals surface area contributed by atoms with E-state index in [0.717, 1.165) is 17.1 Å². The Balaban J connectivity index is 1.93. The van der Waals surface area contributed by atoms with Crippen molar-refractivity contribution in [2.75, 3.05) is 0 Å². The van der Waals surface area contributed by atoms with Crippen molar-refractivity contribution in [3.8, 4) is 11.4 Å². The van der Waals surface area contributed by atoms with Crippen LogP contribution in [0, 0.1) is 11.6 Å². The van der Waals surface area contributed by atoms with Crippen LogP contribution in [0.25, 0.3) is 33.5 Å². The molecule has 1 N–H and O–H groups in total. The summed E-state index contributed by atoms with van der Waals surface area (Å²) in [6.45, 7) is 0. The van der Waals surface area contributed by atoms with E-state index in [0.29, 0.717) is 16.9 Å². The van der Waals surface area contributed by atoms with Crippen molar-refractivity contribution in [2.45, 2.75) is 0 Å². The van der Waals surface area contributed by atoms with Gasteiger partial charge in [-0.25, -0.2) is 13.8 Å². The third-order valence-corrected chi connectivity index (χ3v) is 3.25. The highest BCUT2D eigenvalue weighted by Crippen LogP contribution is 2.24. The first kappa shape index (κ1) is 11.9. The zero-order valence-corrected chi connectivity index (χ0v) is 10.6. The van der Waals surface area contributed by atoms with Crippen LogP contribution in [0.5, 0.6) is 0 Å². The molecule has 0 atom stereocenters. The highest BCUT2D eigenvalue weighted by Gasteiger charge is 2.11. The summed E-state index contributed by atoms with van der Waals surface area (Å²) in [6.07, 6.45) is 3.21. The Kier molecular flexibility index (Phi) is 2.44. The number of H-pyrrole nitrogens is 1. The molecular formula is C15H8F2N4. The number of hydrogen-bond donors (Lipinski definition) is 1. The first-order valence-corrected chi connectivity index (χ1v) is 6.26. The average molecular weight is 282 g/mol. The molecule has 4 nitrogen and oxygen atoms in total. The molecule has 4 rings (SSSR count). The second-order valence-corrected chi connectivity index (χ2v) is 4.63. The van der Waals surface area contributed by atoms with Crippen LogP contribution in [0.15, 0.2) is 42.7 Å². The van der Waals surface area contributed by atoms with E-state index in [9.17, 15) is 8.78 Å². The average Bonchev–Trinajstić information content (AvgIpc) is 2.91. The summed E-state index contributed by atoms with van der Waals surface area (Å²) >= 11 is 0. The largest absolute Gasteiger partial charge is 0.338 e. The smallest absolute Gasteiger partial charge is 0.153 e. The molecule has 6 heteroatoms. The second kappa shape index (κ2) is 4.31. The van der Waals surface area contributed by atoms with Gasteiger partial charge in [0, 0.05) is 24.0 Å². The van der Waals surface area contributed by atoms with E-state index in [2.05, 4.69) is 19.9 Å². The van der Waals surface area contributed by atoms with Gasteiger partial charge in [0.1, 0.15) is 17.2 Å². The summed E-state index contributed by atoms with van der Waals surface area (Å²) in [5.74, 6) is -0.866. The van der Waals surface area contributed by atoms with Crippen molar-refractivity contribution in [3.63, 3.8) is 0 Å². The van der Waals surface area contributed by atoms with Crippen LogP contribution >= 0.6 is 0 Å². The lowest BCUT2D eigenvalue weighted by atomic mass is 10.2. The maximum Gasteiger partial charge on any atom is 0.153 e. The topological polar surface area (TPSA) is 54.5 Å². The second-order valence-electron chi connectivity index (χ2n) is 4.63. The van der Waals surface area contributed by atoms with E-state index in [1.165, 1.54) is 6.07 Å². The van der Waals surface area contributed by atoms with E-state index in [1.54, 1.807) is 18.5 Å². The van der Waals surface area contributed by atoms with E-state index in [1.807, 2.05) is 12.1 Å².